The van der Waals surface area contributed by atoms with Crippen LogP contribution in [-0.2, 0) is 30.6 Å². The van der Waals surface area contributed by atoms with Crippen molar-refractivity contribution in [3.63, 3.8) is 0 Å². The van der Waals surface area contributed by atoms with Crippen LogP contribution in [0.4, 0.5) is 18.9 Å². The third-order valence-electron chi connectivity index (χ3n) is 4.45. The molecule has 3 heterocycles. The second kappa shape index (κ2) is 8.01. The number of amides is 1. The molecule has 0 unspecified atom stereocenters. The summed E-state index contributed by atoms with van der Waals surface area (Å²) in [6, 6.07) is 0. The highest BCUT2D eigenvalue weighted by Crippen LogP contribution is 2.35. The minimum atomic E-state index is -4.60. The van der Waals surface area contributed by atoms with Gasteiger partial charge in [-0.25, -0.2) is 0 Å². The molecule has 0 radical (unpaired) electrons. The Morgan fingerprint density at radius 1 is 1.17 bits per heavy atom. The predicted octanol–water partition coefficient (Wildman–Crippen LogP) is 3.38. The smallest absolute Gasteiger partial charge is 0.322 e. The van der Waals surface area contributed by atoms with Gasteiger partial charge in [-0.1, -0.05) is 0 Å². The summed E-state index contributed by atoms with van der Waals surface area (Å²) in [5.41, 5.74) is 1.64. The Hall–Kier alpha value is -2.63. The van der Waals surface area contributed by atoms with Crippen LogP contribution in [0.15, 0.2) is 23.1 Å². The van der Waals surface area contributed by atoms with E-state index < -0.39 is 17.8 Å². The normalized spacial score (nSPS) is 11.8. The first kappa shape index (κ1) is 21.1. The van der Waals surface area contributed by atoms with Crippen LogP contribution in [0.2, 0.25) is 0 Å². The first-order chi connectivity index (χ1) is 13.6. The number of aryl methyl sites for hydroxylation is 1. The molecule has 1 amide bonds. The minimum absolute atomic E-state index is 0.173. The van der Waals surface area contributed by atoms with E-state index in [1.54, 1.807) is 17.1 Å². The number of carbonyl (C=O) groups is 1. The third kappa shape index (κ3) is 4.52. The van der Waals surface area contributed by atoms with Gasteiger partial charge in [0.2, 0.25) is 5.91 Å². The molecule has 0 aliphatic rings. The van der Waals surface area contributed by atoms with Crippen LogP contribution in [0.1, 0.15) is 29.6 Å². The number of anilines is 1. The van der Waals surface area contributed by atoms with E-state index in [-0.39, 0.29) is 16.7 Å². The fraction of sp³-hybridized carbons (Fsp3) is 0.412. The van der Waals surface area contributed by atoms with Gasteiger partial charge in [-0.15, -0.1) is 0 Å². The maximum absolute atomic E-state index is 12.9. The molecule has 0 aliphatic heterocycles. The lowest BCUT2D eigenvalue weighted by atomic mass is 10.2. The van der Waals surface area contributed by atoms with E-state index in [1.165, 1.54) is 13.1 Å². The van der Waals surface area contributed by atoms with Crippen molar-refractivity contribution >= 4 is 27.5 Å². The first-order valence-electron chi connectivity index (χ1n) is 8.73. The van der Waals surface area contributed by atoms with Crippen molar-refractivity contribution < 1.29 is 18.0 Å². The Kier molecular flexibility index (Phi) is 5.82. The van der Waals surface area contributed by atoms with Crippen LogP contribution in [0, 0.1) is 13.8 Å². The van der Waals surface area contributed by atoms with Crippen LogP contribution in [-0.4, -0.2) is 35.2 Å². The van der Waals surface area contributed by atoms with Gasteiger partial charge in [0.1, 0.15) is 6.54 Å². The maximum atomic E-state index is 12.9. The lowest BCUT2D eigenvalue weighted by Gasteiger charge is -2.05. The standard InChI is InChI=1S/C17H19BrF3N7O/c1-4-27-10(2)12(5-23-27)7-26-8-13(6-22-26)24-14(29)9-28-11(3)15(18)16(25-28)17(19,20)21/h5-6,8H,4,7,9H2,1-3H3,(H,24,29). The Bertz CT molecular complexity index is 1030. The highest BCUT2D eigenvalue weighted by molar-refractivity contribution is 9.10. The monoisotopic (exact) mass is 473 g/mol. The number of alkyl halides is 3. The maximum Gasteiger partial charge on any atom is 0.436 e. The molecule has 0 spiro atoms. The summed E-state index contributed by atoms with van der Waals surface area (Å²) in [4.78, 5) is 12.2. The number of aromatic nitrogens is 6. The molecule has 8 nitrogen and oxygen atoms in total. The zero-order valence-corrected chi connectivity index (χ0v) is 17.5. The zero-order chi connectivity index (χ0) is 21.3. The molecule has 0 saturated heterocycles. The van der Waals surface area contributed by atoms with E-state index in [4.69, 9.17) is 0 Å². The predicted molar refractivity (Wildman–Crippen MR) is 102 cm³/mol. The second-order valence-corrected chi connectivity index (χ2v) is 7.24. The molecule has 3 rings (SSSR count). The fourth-order valence-electron chi connectivity index (χ4n) is 2.84. The Labute approximate surface area is 172 Å². The Morgan fingerprint density at radius 3 is 2.48 bits per heavy atom. The molecule has 12 heteroatoms. The van der Waals surface area contributed by atoms with Gasteiger partial charge in [-0.05, 0) is 36.7 Å². The van der Waals surface area contributed by atoms with Crippen LogP contribution in [0.5, 0.6) is 0 Å². The van der Waals surface area contributed by atoms with Crippen molar-refractivity contribution in [2.45, 2.75) is 46.6 Å². The number of halogens is 4. The van der Waals surface area contributed by atoms with Crippen molar-refractivity contribution in [2.75, 3.05) is 5.32 Å². The molecule has 0 bridgehead atoms. The number of rotatable bonds is 6. The largest absolute Gasteiger partial charge is 0.436 e. The van der Waals surface area contributed by atoms with Gasteiger partial charge < -0.3 is 5.32 Å². The van der Waals surface area contributed by atoms with Gasteiger partial charge in [0, 0.05) is 24.0 Å². The van der Waals surface area contributed by atoms with Crippen LogP contribution >= 0.6 is 15.9 Å². The highest BCUT2D eigenvalue weighted by atomic mass is 79.9. The molecular formula is C17H19BrF3N7O. The minimum Gasteiger partial charge on any atom is -0.322 e. The highest BCUT2D eigenvalue weighted by Gasteiger charge is 2.38. The topological polar surface area (TPSA) is 82.6 Å². The van der Waals surface area contributed by atoms with E-state index >= 15 is 0 Å². The van der Waals surface area contributed by atoms with E-state index in [0.717, 1.165) is 22.5 Å². The summed E-state index contributed by atoms with van der Waals surface area (Å²) < 4.78 is 43.2. The van der Waals surface area contributed by atoms with Crippen molar-refractivity contribution in [1.82, 2.24) is 29.3 Å². The number of hydrogen-bond acceptors (Lipinski definition) is 4. The molecule has 0 fully saturated rings. The number of carbonyl (C=O) groups excluding carboxylic acids is 1. The lowest BCUT2D eigenvalue weighted by molar-refractivity contribution is -0.142. The summed E-state index contributed by atoms with van der Waals surface area (Å²) in [7, 11) is 0. The fourth-order valence-corrected chi connectivity index (χ4v) is 3.35. The van der Waals surface area contributed by atoms with Crippen molar-refractivity contribution in [1.29, 1.82) is 0 Å². The molecular weight excluding hydrogens is 455 g/mol. The lowest BCUT2D eigenvalue weighted by Crippen LogP contribution is -2.20. The molecule has 0 saturated carbocycles. The summed E-state index contributed by atoms with van der Waals surface area (Å²) >= 11 is 2.89. The van der Waals surface area contributed by atoms with Gasteiger partial charge in [0.15, 0.2) is 5.69 Å². The van der Waals surface area contributed by atoms with Gasteiger partial charge in [-0.2, -0.15) is 28.5 Å². The van der Waals surface area contributed by atoms with Crippen LogP contribution in [0.25, 0.3) is 0 Å². The van der Waals surface area contributed by atoms with Crippen molar-refractivity contribution in [3.8, 4) is 0 Å². The molecule has 3 aromatic heterocycles. The van der Waals surface area contributed by atoms with Crippen LogP contribution < -0.4 is 5.32 Å². The Balaban J connectivity index is 1.66. The van der Waals surface area contributed by atoms with E-state index in [0.29, 0.717) is 12.2 Å². The van der Waals surface area contributed by atoms with Gasteiger partial charge in [-0.3, -0.25) is 18.8 Å². The summed E-state index contributed by atoms with van der Waals surface area (Å²) in [5, 5.41) is 14.6. The third-order valence-corrected chi connectivity index (χ3v) is 5.40. The van der Waals surface area contributed by atoms with Crippen molar-refractivity contribution in [3.05, 3.63) is 45.7 Å². The summed E-state index contributed by atoms with van der Waals surface area (Å²) in [6.07, 6.45) is 0.295. The molecule has 0 aromatic carbocycles. The molecule has 3 aromatic rings. The summed E-state index contributed by atoms with van der Waals surface area (Å²) in [5.74, 6) is -0.508. The van der Waals surface area contributed by atoms with Gasteiger partial charge in [0.25, 0.3) is 0 Å². The quantitative estimate of drug-likeness (QED) is 0.594. The van der Waals surface area contributed by atoms with Crippen molar-refractivity contribution in [2.24, 2.45) is 0 Å². The number of nitrogens with zero attached hydrogens (tertiary/aromatic N) is 6. The van der Waals surface area contributed by atoms with E-state index in [2.05, 4.69) is 36.5 Å². The Morgan fingerprint density at radius 2 is 1.90 bits per heavy atom. The summed E-state index contributed by atoms with van der Waals surface area (Å²) in [6.45, 7) is 6.33. The molecule has 1 N–H and O–H groups in total. The van der Waals surface area contributed by atoms with Crippen LogP contribution in [0.3, 0.4) is 0 Å². The first-order valence-corrected chi connectivity index (χ1v) is 9.53. The zero-order valence-electron chi connectivity index (χ0n) is 16.0. The average molecular weight is 474 g/mol. The molecule has 0 atom stereocenters. The van der Waals surface area contributed by atoms with E-state index in [9.17, 15) is 18.0 Å². The molecule has 0 aliphatic carbocycles. The molecule has 29 heavy (non-hydrogen) atoms. The van der Waals surface area contributed by atoms with Gasteiger partial charge >= 0.3 is 6.18 Å². The average Bonchev–Trinajstić information content (AvgIpc) is 3.30. The van der Waals surface area contributed by atoms with E-state index in [1.807, 2.05) is 18.5 Å². The SMILES string of the molecule is CCn1ncc(Cn2cc(NC(=O)Cn3nc(C(F)(F)F)c(Br)c3C)cn2)c1C. The molecule has 156 valence electrons. The number of nitrogens with one attached hydrogen (secondary N) is 1. The van der Waals surface area contributed by atoms with Gasteiger partial charge in [0.05, 0.1) is 34.8 Å². The number of hydrogen-bond donors (Lipinski definition) is 1. The second-order valence-electron chi connectivity index (χ2n) is 6.45.